The molecule has 0 spiro atoms. The number of aromatic nitrogens is 4. The van der Waals surface area contributed by atoms with Crippen molar-refractivity contribution in [2.45, 2.75) is 19.1 Å². The molecule has 0 N–H and O–H groups in total. The van der Waals surface area contributed by atoms with Crippen molar-refractivity contribution in [1.29, 1.82) is 0 Å². The van der Waals surface area contributed by atoms with Gasteiger partial charge in [0.15, 0.2) is 0 Å². The van der Waals surface area contributed by atoms with Gasteiger partial charge in [-0.2, -0.15) is 0 Å². The summed E-state index contributed by atoms with van der Waals surface area (Å²) >= 11 is 0. The van der Waals surface area contributed by atoms with Crippen molar-refractivity contribution in [3.05, 3.63) is 48.7 Å². The highest BCUT2D eigenvalue weighted by Crippen LogP contribution is 2.26. The molecule has 0 unspecified atom stereocenters. The summed E-state index contributed by atoms with van der Waals surface area (Å²) < 4.78 is 13.7. The lowest BCUT2D eigenvalue weighted by molar-refractivity contribution is -0.0821. The van der Waals surface area contributed by atoms with Crippen LogP contribution in [-0.2, 0) is 4.74 Å². The highest BCUT2D eigenvalue weighted by Gasteiger charge is 2.28. The van der Waals surface area contributed by atoms with Gasteiger partial charge in [-0.25, -0.2) is 4.98 Å². The molecule has 124 valence electrons. The molecule has 0 aromatic carbocycles. The van der Waals surface area contributed by atoms with Crippen molar-refractivity contribution in [1.82, 2.24) is 24.6 Å². The number of likely N-dealkylation sites (N-methyl/N-ethyl adjacent to an activating group) is 1. The lowest BCUT2D eigenvalue weighted by Gasteiger charge is -2.32. The summed E-state index contributed by atoms with van der Waals surface area (Å²) in [5.41, 5.74) is 0.793. The molecule has 1 aliphatic heterocycles. The Bertz CT molecular complexity index is 787. The van der Waals surface area contributed by atoms with Gasteiger partial charge in [-0.3, -0.25) is 0 Å². The summed E-state index contributed by atoms with van der Waals surface area (Å²) in [7, 11) is 2.06. The van der Waals surface area contributed by atoms with Crippen LogP contribution in [0.4, 0.5) is 0 Å². The molecule has 3 aromatic heterocycles. The van der Waals surface area contributed by atoms with E-state index in [2.05, 4.69) is 27.1 Å². The van der Waals surface area contributed by atoms with E-state index in [9.17, 15) is 0 Å². The van der Waals surface area contributed by atoms with Gasteiger partial charge >= 0.3 is 0 Å². The van der Waals surface area contributed by atoms with Crippen molar-refractivity contribution in [2.75, 3.05) is 20.1 Å². The first-order valence-electron chi connectivity index (χ1n) is 7.96. The SMILES string of the molecule is C[C@@H]1CN(C)C[C@H](c2nnc(-c3ccc(-n4cccc4)nc3)o2)O1. The molecule has 0 saturated carbocycles. The number of hydrogen-bond donors (Lipinski definition) is 0. The molecule has 1 aliphatic rings. The third kappa shape index (κ3) is 2.95. The maximum Gasteiger partial charge on any atom is 0.249 e. The molecule has 0 radical (unpaired) electrons. The second-order valence-corrected chi connectivity index (χ2v) is 6.10. The standard InChI is InChI=1S/C17H19N5O2/c1-12-10-21(2)11-14(23-12)17-20-19-16(24-17)13-5-6-15(18-9-13)22-7-3-4-8-22/h3-9,12,14H,10-11H2,1-2H3/t12-,14-/m1/s1. The second kappa shape index (κ2) is 6.18. The van der Waals surface area contributed by atoms with E-state index in [-0.39, 0.29) is 12.2 Å². The number of hydrogen-bond acceptors (Lipinski definition) is 6. The molecule has 2 atom stereocenters. The fourth-order valence-electron chi connectivity index (χ4n) is 2.93. The summed E-state index contributed by atoms with van der Waals surface area (Å²) in [6.07, 6.45) is 5.59. The highest BCUT2D eigenvalue weighted by molar-refractivity contribution is 5.52. The van der Waals surface area contributed by atoms with Gasteiger partial charge in [0, 0.05) is 31.7 Å². The fourth-order valence-corrected chi connectivity index (χ4v) is 2.93. The van der Waals surface area contributed by atoms with Crippen molar-refractivity contribution >= 4 is 0 Å². The van der Waals surface area contributed by atoms with Gasteiger partial charge in [-0.1, -0.05) is 0 Å². The third-order valence-corrected chi connectivity index (χ3v) is 4.02. The smallest absolute Gasteiger partial charge is 0.249 e. The molecular formula is C17H19N5O2. The quantitative estimate of drug-likeness (QED) is 0.736. The predicted molar refractivity (Wildman–Crippen MR) is 87.6 cm³/mol. The Balaban J connectivity index is 1.54. The van der Waals surface area contributed by atoms with Crippen molar-refractivity contribution in [3.63, 3.8) is 0 Å². The van der Waals surface area contributed by atoms with E-state index in [1.54, 1.807) is 6.20 Å². The molecule has 24 heavy (non-hydrogen) atoms. The van der Waals surface area contributed by atoms with Gasteiger partial charge in [0.2, 0.25) is 11.8 Å². The predicted octanol–water partition coefficient (Wildman–Crippen LogP) is 2.31. The fraction of sp³-hybridized carbons (Fsp3) is 0.353. The highest BCUT2D eigenvalue weighted by atomic mass is 16.5. The van der Waals surface area contributed by atoms with Crippen LogP contribution in [0.1, 0.15) is 18.9 Å². The summed E-state index contributed by atoms with van der Waals surface area (Å²) in [5.74, 6) is 1.81. The molecular weight excluding hydrogens is 306 g/mol. The van der Waals surface area contributed by atoms with Crippen LogP contribution in [0.25, 0.3) is 17.3 Å². The van der Waals surface area contributed by atoms with E-state index in [0.29, 0.717) is 11.8 Å². The number of ether oxygens (including phenoxy) is 1. The van der Waals surface area contributed by atoms with E-state index in [1.807, 2.05) is 48.1 Å². The second-order valence-electron chi connectivity index (χ2n) is 6.10. The van der Waals surface area contributed by atoms with Crippen LogP contribution in [0.3, 0.4) is 0 Å². The molecule has 0 bridgehead atoms. The Morgan fingerprint density at radius 3 is 2.67 bits per heavy atom. The summed E-state index contributed by atoms with van der Waals surface area (Å²) in [6, 6.07) is 7.77. The van der Waals surface area contributed by atoms with E-state index in [4.69, 9.17) is 9.15 Å². The van der Waals surface area contributed by atoms with Gasteiger partial charge in [-0.15, -0.1) is 10.2 Å². The largest absolute Gasteiger partial charge is 0.418 e. The van der Waals surface area contributed by atoms with Crippen LogP contribution >= 0.6 is 0 Å². The average Bonchev–Trinajstić information content (AvgIpc) is 3.26. The van der Waals surface area contributed by atoms with E-state index >= 15 is 0 Å². The van der Waals surface area contributed by atoms with E-state index in [1.165, 1.54) is 0 Å². The monoisotopic (exact) mass is 325 g/mol. The zero-order valence-corrected chi connectivity index (χ0v) is 13.7. The minimum atomic E-state index is -0.188. The first kappa shape index (κ1) is 15.0. The van der Waals surface area contributed by atoms with Gasteiger partial charge in [0.25, 0.3) is 0 Å². The first-order chi connectivity index (χ1) is 11.7. The third-order valence-electron chi connectivity index (χ3n) is 4.02. The van der Waals surface area contributed by atoms with Gasteiger partial charge < -0.3 is 18.6 Å². The first-order valence-corrected chi connectivity index (χ1v) is 7.96. The maximum atomic E-state index is 5.90. The Morgan fingerprint density at radius 1 is 1.12 bits per heavy atom. The van der Waals surface area contributed by atoms with Crippen molar-refractivity contribution in [2.24, 2.45) is 0 Å². The van der Waals surface area contributed by atoms with Gasteiger partial charge in [-0.05, 0) is 38.2 Å². The Morgan fingerprint density at radius 2 is 1.96 bits per heavy atom. The molecule has 4 heterocycles. The minimum absolute atomic E-state index is 0.145. The normalized spacial score (nSPS) is 21.9. The lowest BCUT2D eigenvalue weighted by Crippen LogP contribution is -2.40. The Hall–Kier alpha value is -2.51. The molecule has 1 saturated heterocycles. The molecule has 0 amide bonds. The number of rotatable bonds is 3. The Labute approximate surface area is 139 Å². The molecule has 7 heteroatoms. The summed E-state index contributed by atoms with van der Waals surface area (Å²) in [4.78, 5) is 6.64. The van der Waals surface area contributed by atoms with E-state index < -0.39 is 0 Å². The zero-order chi connectivity index (χ0) is 16.5. The van der Waals surface area contributed by atoms with Crippen LogP contribution in [0.15, 0.2) is 47.3 Å². The number of nitrogens with zero attached hydrogens (tertiary/aromatic N) is 5. The van der Waals surface area contributed by atoms with Crippen molar-refractivity contribution < 1.29 is 9.15 Å². The Kier molecular flexibility index (Phi) is 3.87. The molecule has 0 aliphatic carbocycles. The molecule has 1 fully saturated rings. The number of pyridine rings is 1. The van der Waals surface area contributed by atoms with Crippen LogP contribution in [0.2, 0.25) is 0 Å². The van der Waals surface area contributed by atoms with Gasteiger partial charge in [0.05, 0.1) is 11.7 Å². The zero-order valence-electron chi connectivity index (χ0n) is 13.7. The van der Waals surface area contributed by atoms with Gasteiger partial charge in [0.1, 0.15) is 11.9 Å². The van der Waals surface area contributed by atoms with Crippen LogP contribution < -0.4 is 0 Å². The topological polar surface area (TPSA) is 69.2 Å². The van der Waals surface area contributed by atoms with Crippen molar-refractivity contribution in [3.8, 4) is 17.3 Å². The minimum Gasteiger partial charge on any atom is -0.418 e. The average molecular weight is 325 g/mol. The van der Waals surface area contributed by atoms with Crippen LogP contribution in [0.5, 0.6) is 0 Å². The lowest BCUT2D eigenvalue weighted by atomic mass is 10.2. The molecule has 4 rings (SSSR count). The van der Waals surface area contributed by atoms with Crippen LogP contribution in [-0.4, -0.2) is 50.9 Å². The van der Waals surface area contributed by atoms with Crippen LogP contribution in [0, 0.1) is 0 Å². The molecule has 7 nitrogen and oxygen atoms in total. The number of morpholine rings is 1. The molecule has 3 aromatic rings. The maximum absolute atomic E-state index is 5.90. The summed E-state index contributed by atoms with van der Waals surface area (Å²) in [6.45, 7) is 3.70. The summed E-state index contributed by atoms with van der Waals surface area (Å²) in [5, 5.41) is 8.30. The van der Waals surface area contributed by atoms with E-state index in [0.717, 1.165) is 24.5 Å².